The van der Waals surface area contributed by atoms with Crippen LogP contribution in [-0.2, 0) is 16.3 Å². The smallest absolute Gasteiger partial charge is 0.178 e. The van der Waals surface area contributed by atoms with E-state index < -0.39 is 9.84 Å². The summed E-state index contributed by atoms with van der Waals surface area (Å²) in [7, 11) is -1.13. The number of benzene rings is 1. The molecular formula is C16H20N2O2S. The van der Waals surface area contributed by atoms with Crippen LogP contribution in [0.15, 0.2) is 53.6 Å². The predicted molar refractivity (Wildman–Crippen MR) is 85.4 cm³/mol. The molecule has 0 atom stereocenters. The van der Waals surface area contributed by atoms with Crippen LogP contribution in [0, 0.1) is 0 Å². The molecule has 21 heavy (non-hydrogen) atoms. The summed E-state index contributed by atoms with van der Waals surface area (Å²) in [5.74, 6) is 0.127. The Morgan fingerprint density at radius 1 is 1.10 bits per heavy atom. The summed E-state index contributed by atoms with van der Waals surface area (Å²) in [5.41, 5.74) is 2.05. The van der Waals surface area contributed by atoms with Gasteiger partial charge in [0.1, 0.15) is 0 Å². The van der Waals surface area contributed by atoms with Crippen LogP contribution in [0.4, 0.5) is 5.69 Å². The van der Waals surface area contributed by atoms with Gasteiger partial charge in [0.25, 0.3) is 0 Å². The van der Waals surface area contributed by atoms with Crippen LogP contribution in [0.2, 0.25) is 0 Å². The maximum atomic E-state index is 11.8. The first-order valence-corrected chi connectivity index (χ1v) is 8.62. The third-order valence-electron chi connectivity index (χ3n) is 3.45. The van der Waals surface area contributed by atoms with E-state index in [1.54, 1.807) is 25.3 Å². The average Bonchev–Trinajstić information content (AvgIpc) is 2.53. The zero-order chi connectivity index (χ0) is 15.3. The predicted octanol–water partition coefficient (Wildman–Crippen LogP) is 2.55. The highest BCUT2D eigenvalue weighted by atomic mass is 32.2. The van der Waals surface area contributed by atoms with Gasteiger partial charge in [0, 0.05) is 37.6 Å². The minimum absolute atomic E-state index is 0.127. The van der Waals surface area contributed by atoms with Gasteiger partial charge in [0.15, 0.2) is 9.84 Å². The molecule has 0 radical (unpaired) electrons. The molecule has 1 aromatic heterocycles. The van der Waals surface area contributed by atoms with Crippen molar-refractivity contribution in [3.8, 4) is 0 Å². The topological polar surface area (TPSA) is 50.3 Å². The Hall–Kier alpha value is -1.88. The molecule has 0 aliphatic rings. The lowest BCUT2D eigenvalue weighted by molar-refractivity contribution is 0.597. The Balaban J connectivity index is 2.02. The second-order valence-electron chi connectivity index (χ2n) is 4.89. The summed E-state index contributed by atoms with van der Waals surface area (Å²) in [6.07, 6.45) is 2.64. The van der Waals surface area contributed by atoms with Crippen LogP contribution >= 0.6 is 0 Å². The van der Waals surface area contributed by atoms with Crippen molar-refractivity contribution < 1.29 is 8.42 Å². The average molecular weight is 304 g/mol. The molecular weight excluding hydrogens is 284 g/mol. The molecule has 112 valence electrons. The third kappa shape index (κ3) is 4.04. The molecule has 4 nitrogen and oxygen atoms in total. The Bertz CT molecular complexity index is 667. The monoisotopic (exact) mass is 304 g/mol. The van der Waals surface area contributed by atoms with E-state index in [4.69, 9.17) is 0 Å². The minimum Gasteiger partial charge on any atom is -0.374 e. The molecule has 5 heteroatoms. The highest BCUT2D eigenvalue weighted by Crippen LogP contribution is 2.18. The maximum absolute atomic E-state index is 11.8. The number of aromatic nitrogens is 1. The summed E-state index contributed by atoms with van der Waals surface area (Å²) in [5, 5.41) is 0. The molecule has 0 fully saturated rings. The van der Waals surface area contributed by atoms with Crippen molar-refractivity contribution in [3.63, 3.8) is 0 Å². The number of nitrogens with zero attached hydrogens (tertiary/aromatic N) is 2. The SMILES string of the molecule is CCS(=O)(=O)c1ccc(N(C)CCc2ccccn2)cc1. The van der Waals surface area contributed by atoms with Crippen molar-refractivity contribution >= 4 is 15.5 Å². The van der Waals surface area contributed by atoms with E-state index in [-0.39, 0.29) is 5.75 Å². The van der Waals surface area contributed by atoms with Crippen LogP contribution in [-0.4, -0.2) is 32.7 Å². The van der Waals surface area contributed by atoms with Gasteiger partial charge in [-0.2, -0.15) is 0 Å². The Morgan fingerprint density at radius 2 is 1.81 bits per heavy atom. The van der Waals surface area contributed by atoms with E-state index in [9.17, 15) is 8.42 Å². The molecule has 1 aromatic carbocycles. The van der Waals surface area contributed by atoms with Gasteiger partial charge < -0.3 is 4.90 Å². The zero-order valence-corrected chi connectivity index (χ0v) is 13.2. The summed E-state index contributed by atoms with van der Waals surface area (Å²) in [6, 6.07) is 12.9. The molecule has 0 aliphatic carbocycles. The number of hydrogen-bond donors (Lipinski definition) is 0. The van der Waals surface area contributed by atoms with Crippen molar-refractivity contribution in [2.24, 2.45) is 0 Å². The molecule has 0 spiro atoms. The molecule has 2 rings (SSSR count). The molecule has 2 aromatic rings. The van der Waals surface area contributed by atoms with E-state index in [0.29, 0.717) is 4.90 Å². The molecule has 0 bridgehead atoms. The fourth-order valence-electron chi connectivity index (χ4n) is 2.03. The quantitative estimate of drug-likeness (QED) is 0.823. The lowest BCUT2D eigenvalue weighted by Gasteiger charge is -2.19. The van der Waals surface area contributed by atoms with Crippen molar-refractivity contribution in [1.29, 1.82) is 0 Å². The standard InChI is InChI=1S/C16H20N2O2S/c1-3-21(19,20)16-9-7-15(8-10-16)18(2)13-11-14-6-4-5-12-17-14/h4-10,12H,3,11,13H2,1-2H3. The highest BCUT2D eigenvalue weighted by molar-refractivity contribution is 7.91. The first kappa shape index (κ1) is 15.5. The number of pyridine rings is 1. The number of likely N-dealkylation sites (N-methyl/N-ethyl adjacent to an activating group) is 1. The first-order chi connectivity index (χ1) is 10.0. The summed E-state index contributed by atoms with van der Waals surface area (Å²) in [4.78, 5) is 6.77. The normalized spacial score (nSPS) is 11.3. The highest BCUT2D eigenvalue weighted by Gasteiger charge is 2.11. The molecule has 0 saturated carbocycles. The van der Waals surface area contributed by atoms with Crippen LogP contribution in [0.25, 0.3) is 0 Å². The van der Waals surface area contributed by atoms with Gasteiger partial charge in [-0.1, -0.05) is 13.0 Å². The van der Waals surface area contributed by atoms with Gasteiger partial charge in [-0.25, -0.2) is 8.42 Å². The first-order valence-electron chi connectivity index (χ1n) is 6.97. The van der Waals surface area contributed by atoms with Crippen molar-refractivity contribution in [3.05, 3.63) is 54.4 Å². The van der Waals surface area contributed by atoms with Gasteiger partial charge in [-0.05, 0) is 36.4 Å². The Kier molecular flexibility index (Phi) is 4.96. The lowest BCUT2D eigenvalue weighted by Crippen LogP contribution is -2.20. The largest absolute Gasteiger partial charge is 0.374 e. The fourth-order valence-corrected chi connectivity index (χ4v) is 2.92. The third-order valence-corrected chi connectivity index (χ3v) is 5.20. The van der Waals surface area contributed by atoms with E-state index in [2.05, 4.69) is 9.88 Å². The molecule has 1 heterocycles. The molecule has 0 unspecified atom stereocenters. The van der Waals surface area contributed by atoms with E-state index in [1.165, 1.54) is 0 Å². The van der Waals surface area contributed by atoms with E-state index in [0.717, 1.165) is 24.3 Å². The minimum atomic E-state index is -3.12. The van der Waals surface area contributed by atoms with Crippen molar-refractivity contribution in [1.82, 2.24) is 4.98 Å². The van der Waals surface area contributed by atoms with E-state index in [1.807, 2.05) is 37.4 Å². The summed E-state index contributed by atoms with van der Waals surface area (Å²) in [6.45, 7) is 2.49. The van der Waals surface area contributed by atoms with Crippen molar-refractivity contribution in [2.75, 3.05) is 24.2 Å². The molecule has 0 saturated heterocycles. The van der Waals surface area contributed by atoms with Crippen LogP contribution in [0.3, 0.4) is 0 Å². The zero-order valence-electron chi connectivity index (χ0n) is 12.4. The Morgan fingerprint density at radius 3 is 2.38 bits per heavy atom. The number of rotatable bonds is 6. The van der Waals surface area contributed by atoms with Crippen LogP contribution < -0.4 is 4.90 Å². The van der Waals surface area contributed by atoms with Crippen molar-refractivity contribution in [2.45, 2.75) is 18.2 Å². The van der Waals surface area contributed by atoms with Gasteiger partial charge in [-0.3, -0.25) is 4.98 Å². The fraction of sp³-hybridized carbons (Fsp3) is 0.312. The summed E-state index contributed by atoms with van der Waals surface area (Å²) < 4.78 is 23.5. The van der Waals surface area contributed by atoms with Gasteiger partial charge in [0.2, 0.25) is 0 Å². The van der Waals surface area contributed by atoms with Gasteiger partial charge in [0.05, 0.1) is 10.6 Å². The lowest BCUT2D eigenvalue weighted by atomic mass is 10.2. The Labute approximate surface area is 126 Å². The summed E-state index contributed by atoms with van der Waals surface area (Å²) >= 11 is 0. The molecule has 0 aliphatic heterocycles. The second-order valence-corrected chi connectivity index (χ2v) is 7.17. The van der Waals surface area contributed by atoms with Gasteiger partial charge >= 0.3 is 0 Å². The molecule has 0 N–H and O–H groups in total. The number of hydrogen-bond acceptors (Lipinski definition) is 4. The molecule has 0 amide bonds. The van der Waals surface area contributed by atoms with Crippen LogP contribution in [0.5, 0.6) is 0 Å². The van der Waals surface area contributed by atoms with Crippen LogP contribution in [0.1, 0.15) is 12.6 Å². The van der Waals surface area contributed by atoms with Gasteiger partial charge in [-0.15, -0.1) is 0 Å². The number of anilines is 1. The number of sulfone groups is 1. The second kappa shape index (κ2) is 6.72. The van der Waals surface area contributed by atoms with E-state index >= 15 is 0 Å². The maximum Gasteiger partial charge on any atom is 0.178 e.